The Kier molecular flexibility index (Phi) is 2.26. The maximum Gasteiger partial charge on any atom is 0.231 e. The number of anilines is 1. The van der Waals surface area contributed by atoms with Crippen LogP contribution >= 0.6 is 0 Å². The fourth-order valence-corrected chi connectivity index (χ4v) is 1.66. The summed E-state index contributed by atoms with van der Waals surface area (Å²) in [5, 5.41) is 9.76. The van der Waals surface area contributed by atoms with Crippen LogP contribution in [0.5, 0.6) is 0 Å². The van der Waals surface area contributed by atoms with E-state index in [2.05, 4.69) is 15.5 Å². The smallest absolute Gasteiger partial charge is 0.231 e. The van der Waals surface area contributed by atoms with Crippen LogP contribution in [0.2, 0.25) is 0 Å². The van der Waals surface area contributed by atoms with Crippen molar-refractivity contribution >= 4 is 11.6 Å². The largest absolute Gasteiger partial charge is 0.329 e. The fourth-order valence-electron chi connectivity index (χ4n) is 1.66. The Morgan fingerprint density at radius 3 is 2.67 bits per heavy atom. The SMILES string of the molecule is Cc1n[nH]c(C)c1NC(=O)C1(CN)CC1. The van der Waals surface area contributed by atoms with Gasteiger partial charge in [-0.3, -0.25) is 9.89 Å². The van der Waals surface area contributed by atoms with E-state index in [1.54, 1.807) is 0 Å². The van der Waals surface area contributed by atoms with Crippen LogP contribution in [0.15, 0.2) is 0 Å². The molecule has 0 bridgehead atoms. The van der Waals surface area contributed by atoms with E-state index in [0.717, 1.165) is 29.9 Å². The van der Waals surface area contributed by atoms with Crippen molar-refractivity contribution in [2.45, 2.75) is 26.7 Å². The monoisotopic (exact) mass is 208 g/mol. The number of carbonyl (C=O) groups excluding carboxylic acids is 1. The minimum Gasteiger partial charge on any atom is -0.329 e. The van der Waals surface area contributed by atoms with Crippen LogP contribution in [0.4, 0.5) is 5.69 Å². The third-order valence-corrected chi connectivity index (χ3v) is 3.09. The molecule has 1 aromatic heterocycles. The molecule has 0 atom stereocenters. The van der Waals surface area contributed by atoms with E-state index in [4.69, 9.17) is 5.73 Å². The molecule has 0 aliphatic heterocycles. The van der Waals surface area contributed by atoms with Gasteiger partial charge in [-0.15, -0.1) is 0 Å². The molecule has 0 unspecified atom stereocenters. The number of H-pyrrole nitrogens is 1. The van der Waals surface area contributed by atoms with Crippen LogP contribution in [0.3, 0.4) is 0 Å². The van der Waals surface area contributed by atoms with Gasteiger partial charge in [-0.2, -0.15) is 5.10 Å². The van der Waals surface area contributed by atoms with Crippen molar-refractivity contribution in [3.63, 3.8) is 0 Å². The lowest BCUT2D eigenvalue weighted by molar-refractivity contribution is -0.120. The first-order valence-corrected chi connectivity index (χ1v) is 5.12. The molecule has 0 spiro atoms. The van der Waals surface area contributed by atoms with Crippen LogP contribution in [0, 0.1) is 19.3 Å². The summed E-state index contributed by atoms with van der Waals surface area (Å²) in [6, 6.07) is 0. The molecule has 15 heavy (non-hydrogen) atoms. The van der Waals surface area contributed by atoms with Crippen LogP contribution < -0.4 is 11.1 Å². The molecule has 2 rings (SSSR count). The highest BCUT2D eigenvalue weighted by Crippen LogP contribution is 2.45. The van der Waals surface area contributed by atoms with E-state index in [1.807, 2.05) is 13.8 Å². The van der Waals surface area contributed by atoms with Crippen molar-refractivity contribution in [2.24, 2.45) is 11.1 Å². The van der Waals surface area contributed by atoms with E-state index in [0.29, 0.717) is 6.54 Å². The zero-order valence-electron chi connectivity index (χ0n) is 9.05. The number of nitrogens with one attached hydrogen (secondary N) is 2. The third-order valence-electron chi connectivity index (χ3n) is 3.09. The molecule has 82 valence electrons. The summed E-state index contributed by atoms with van der Waals surface area (Å²) in [6.07, 6.45) is 1.79. The van der Waals surface area contributed by atoms with E-state index in [1.165, 1.54) is 0 Å². The van der Waals surface area contributed by atoms with Crippen LogP contribution in [0.1, 0.15) is 24.2 Å². The number of amides is 1. The lowest BCUT2D eigenvalue weighted by Gasteiger charge is -2.12. The van der Waals surface area contributed by atoms with Crippen molar-refractivity contribution in [2.75, 3.05) is 11.9 Å². The Hall–Kier alpha value is -1.36. The van der Waals surface area contributed by atoms with E-state index < -0.39 is 0 Å². The highest BCUT2D eigenvalue weighted by molar-refractivity contribution is 5.98. The van der Waals surface area contributed by atoms with Gasteiger partial charge in [0.05, 0.1) is 22.5 Å². The summed E-state index contributed by atoms with van der Waals surface area (Å²) in [5.74, 6) is 0.0256. The first-order chi connectivity index (χ1) is 7.09. The number of carbonyl (C=O) groups is 1. The predicted molar refractivity (Wildman–Crippen MR) is 57.4 cm³/mol. The van der Waals surface area contributed by atoms with Gasteiger partial charge in [-0.1, -0.05) is 0 Å². The molecule has 1 aromatic rings. The van der Waals surface area contributed by atoms with Gasteiger partial charge in [0.15, 0.2) is 0 Å². The van der Waals surface area contributed by atoms with Crippen molar-refractivity contribution in [1.82, 2.24) is 10.2 Å². The van der Waals surface area contributed by atoms with E-state index >= 15 is 0 Å². The first-order valence-electron chi connectivity index (χ1n) is 5.12. The zero-order chi connectivity index (χ0) is 11.1. The van der Waals surface area contributed by atoms with Gasteiger partial charge >= 0.3 is 0 Å². The standard InChI is InChI=1S/C10H16N4O/c1-6-8(7(2)14-13-6)12-9(15)10(5-11)3-4-10/h3-5,11H2,1-2H3,(H,12,15)(H,13,14). The summed E-state index contributed by atoms with van der Waals surface area (Å²) >= 11 is 0. The van der Waals surface area contributed by atoms with Crippen molar-refractivity contribution in [3.8, 4) is 0 Å². The minimum atomic E-state index is -0.309. The van der Waals surface area contributed by atoms with Gasteiger partial charge in [-0.05, 0) is 26.7 Å². The Bertz CT molecular complexity index is 373. The quantitative estimate of drug-likeness (QED) is 0.683. The third kappa shape index (κ3) is 1.63. The summed E-state index contributed by atoms with van der Waals surface area (Å²) < 4.78 is 0. The van der Waals surface area contributed by atoms with Gasteiger partial charge in [-0.25, -0.2) is 0 Å². The maximum atomic E-state index is 11.9. The van der Waals surface area contributed by atoms with Gasteiger partial charge in [0.25, 0.3) is 0 Å². The lowest BCUT2D eigenvalue weighted by atomic mass is 10.1. The molecular formula is C10H16N4O. The highest BCUT2D eigenvalue weighted by Gasteiger charge is 2.48. The molecular weight excluding hydrogens is 192 g/mol. The molecule has 5 nitrogen and oxygen atoms in total. The summed E-state index contributed by atoms with van der Waals surface area (Å²) in [6.45, 7) is 4.17. The number of nitrogens with two attached hydrogens (primary N) is 1. The number of aromatic amines is 1. The Morgan fingerprint density at radius 2 is 2.27 bits per heavy atom. The first kappa shape index (κ1) is 10.2. The number of aryl methyl sites for hydroxylation is 2. The van der Waals surface area contributed by atoms with Gasteiger partial charge in [0.2, 0.25) is 5.91 Å². The predicted octanol–water partition coefficient (Wildman–Crippen LogP) is 0.704. The van der Waals surface area contributed by atoms with Crippen LogP contribution in [0.25, 0.3) is 0 Å². The molecule has 1 saturated carbocycles. The van der Waals surface area contributed by atoms with Crippen molar-refractivity contribution < 1.29 is 4.79 Å². The van der Waals surface area contributed by atoms with E-state index in [9.17, 15) is 4.79 Å². The van der Waals surface area contributed by atoms with Gasteiger partial charge in [0.1, 0.15) is 0 Å². The molecule has 0 saturated heterocycles. The molecule has 0 aromatic carbocycles. The second-order valence-corrected chi connectivity index (χ2v) is 4.25. The number of rotatable bonds is 3. The summed E-state index contributed by atoms with van der Waals surface area (Å²) in [5.41, 5.74) is 7.77. The van der Waals surface area contributed by atoms with Crippen molar-refractivity contribution in [3.05, 3.63) is 11.4 Å². The number of hydrogen-bond acceptors (Lipinski definition) is 3. The average Bonchev–Trinajstić information content (AvgIpc) is 2.97. The molecule has 5 heteroatoms. The summed E-state index contributed by atoms with van der Waals surface area (Å²) in [7, 11) is 0. The maximum absolute atomic E-state index is 11.9. The molecule has 1 heterocycles. The molecule has 1 fully saturated rings. The molecule has 1 amide bonds. The normalized spacial score (nSPS) is 17.5. The van der Waals surface area contributed by atoms with Gasteiger partial charge in [0, 0.05) is 6.54 Å². The number of hydrogen-bond donors (Lipinski definition) is 3. The second-order valence-electron chi connectivity index (χ2n) is 4.25. The fraction of sp³-hybridized carbons (Fsp3) is 0.600. The second kappa shape index (κ2) is 3.34. The zero-order valence-corrected chi connectivity index (χ0v) is 9.05. The molecule has 1 aliphatic carbocycles. The Morgan fingerprint density at radius 1 is 1.60 bits per heavy atom. The number of aromatic nitrogens is 2. The highest BCUT2D eigenvalue weighted by atomic mass is 16.2. The van der Waals surface area contributed by atoms with Crippen LogP contribution in [-0.4, -0.2) is 22.6 Å². The molecule has 0 radical (unpaired) electrons. The lowest BCUT2D eigenvalue weighted by Crippen LogP contribution is -2.31. The number of nitrogens with zero attached hydrogens (tertiary/aromatic N) is 1. The minimum absolute atomic E-state index is 0.0256. The Labute approximate surface area is 88.4 Å². The van der Waals surface area contributed by atoms with E-state index in [-0.39, 0.29) is 11.3 Å². The molecule has 1 aliphatic rings. The summed E-state index contributed by atoms with van der Waals surface area (Å²) in [4.78, 5) is 11.9. The average molecular weight is 208 g/mol. The van der Waals surface area contributed by atoms with Crippen molar-refractivity contribution in [1.29, 1.82) is 0 Å². The molecule has 4 N–H and O–H groups in total. The topological polar surface area (TPSA) is 83.8 Å². The van der Waals surface area contributed by atoms with Gasteiger partial charge < -0.3 is 11.1 Å². The van der Waals surface area contributed by atoms with Crippen LogP contribution in [-0.2, 0) is 4.79 Å². The Balaban J connectivity index is 2.13.